The maximum atomic E-state index is 10.1. The zero-order valence-electron chi connectivity index (χ0n) is 11.8. The molecule has 1 unspecified atom stereocenters. The molecule has 0 radical (unpaired) electrons. The van der Waals surface area contributed by atoms with Crippen LogP contribution in [0, 0.1) is 6.92 Å². The standard InChI is InChI=1S/C16H20N2O2/c1-12-9-17-8-7-14(12)10-18-11-16(19)13-3-5-15(20-2)6-4-13/h3-9,16,18-19H,10-11H2,1-2H3. The van der Waals surface area contributed by atoms with Crippen molar-refractivity contribution in [3.8, 4) is 5.75 Å². The van der Waals surface area contributed by atoms with Crippen LogP contribution < -0.4 is 10.1 Å². The zero-order chi connectivity index (χ0) is 14.4. The molecule has 0 aliphatic rings. The quantitative estimate of drug-likeness (QED) is 0.846. The Morgan fingerprint density at radius 2 is 2.00 bits per heavy atom. The highest BCUT2D eigenvalue weighted by molar-refractivity contribution is 5.28. The molecule has 0 aliphatic carbocycles. The van der Waals surface area contributed by atoms with E-state index in [0.717, 1.165) is 23.4 Å². The molecule has 1 aromatic carbocycles. The molecule has 0 aliphatic heterocycles. The van der Waals surface area contributed by atoms with Crippen LogP contribution in [0.5, 0.6) is 5.75 Å². The smallest absolute Gasteiger partial charge is 0.118 e. The highest BCUT2D eigenvalue weighted by atomic mass is 16.5. The molecule has 2 rings (SSSR count). The molecule has 4 nitrogen and oxygen atoms in total. The molecule has 0 fully saturated rings. The van der Waals surface area contributed by atoms with E-state index in [2.05, 4.69) is 10.3 Å². The van der Waals surface area contributed by atoms with E-state index < -0.39 is 6.10 Å². The lowest BCUT2D eigenvalue weighted by molar-refractivity contribution is 0.174. The highest BCUT2D eigenvalue weighted by Crippen LogP contribution is 2.17. The number of hydrogen-bond donors (Lipinski definition) is 2. The van der Waals surface area contributed by atoms with Gasteiger partial charge in [0.15, 0.2) is 0 Å². The van der Waals surface area contributed by atoms with E-state index in [4.69, 9.17) is 4.74 Å². The molecule has 20 heavy (non-hydrogen) atoms. The number of aliphatic hydroxyl groups excluding tert-OH is 1. The van der Waals surface area contributed by atoms with Crippen molar-refractivity contribution < 1.29 is 9.84 Å². The Bertz CT molecular complexity index is 540. The van der Waals surface area contributed by atoms with Gasteiger partial charge in [0.2, 0.25) is 0 Å². The summed E-state index contributed by atoms with van der Waals surface area (Å²) in [6.45, 7) is 3.26. The second kappa shape index (κ2) is 7.03. The number of aryl methyl sites for hydroxylation is 1. The van der Waals surface area contributed by atoms with Gasteiger partial charge in [-0.2, -0.15) is 0 Å². The first kappa shape index (κ1) is 14.5. The van der Waals surface area contributed by atoms with Gasteiger partial charge in [-0.15, -0.1) is 0 Å². The maximum absolute atomic E-state index is 10.1. The van der Waals surface area contributed by atoms with Crippen LogP contribution in [-0.2, 0) is 6.54 Å². The number of ether oxygens (including phenoxy) is 1. The number of aromatic nitrogens is 1. The molecule has 2 N–H and O–H groups in total. The Hall–Kier alpha value is -1.91. The van der Waals surface area contributed by atoms with Gasteiger partial charge in [0.1, 0.15) is 5.75 Å². The molecule has 0 saturated carbocycles. The van der Waals surface area contributed by atoms with Crippen molar-refractivity contribution in [1.82, 2.24) is 10.3 Å². The van der Waals surface area contributed by atoms with E-state index in [0.29, 0.717) is 6.54 Å². The van der Waals surface area contributed by atoms with Crippen molar-refractivity contribution >= 4 is 0 Å². The molecule has 1 atom stereocenters. The SMILES string of the molecule is COc1ccc(C(O)CNCc2ccncc2C)cc1. The summed E-state index contributed by atoms with van der Waals surface area (Å²) in [7, 11) is 1.63. The van der Waals surface area contributed by atoms with Gasteiger partial charge in [-0.25, -0.2) is 0 Å². The van der Waals surface area contributed by atoms with Crippen LogP contribution in [0.25, 0.3) is 0 Å². The van der Waals surface area contributed by atoms with Crippen LogP contribution in [0.2, 0.25) is 0 Å². The Labute approximate surface area is 119 Å². The summed E-state index contributed by atoms with van der Waals surface area (Å²) in [6, 6.07) is 9.45. The van der Waals surface area contributed by atoms with Gasteiger partial charge < -0.3 is 15.2 Å². The molecule has 4 heteroatoms. The lowest BCUT2D eigenvalue weighted by Crippen LogP contribution is -2.21. The highest BCUT2D eigenvalue weighted by Gasteiger charge is 2.07. The summed E-state index contributed by atoms with van der Waals surface area (Å²) in [4.78, 5) is 4.06. The molecule has 106 valence electrons. The molecule has 0 spiro atoms. The van der Waals surface area contributed by atoms with Gasteiger partial charge >= 0.3 is 0 Å². The van der Waals surface area contributed by atoms with Gasteiger partial charge in [-0.1, -0.05) is 12.1 Å². The summed E-state index contributed by atoms with van der Waals surface area (Å²) >= 11 is 0. The van der Waals surface area contributed by atoms with Crippen molar-refractivity contribution in [3.05, 3.63) is 59.4 Å². The second-order valence-corrected chi connectivity index (χ2v) is 4.72. The van der Waals surface area contributed by atoms with E-state index >= 15 is 0 Å². The first-order valence-corrected chi connectivity index (χ1v) is 6.63. The molecule has 1 aromatic heterocycles. The number of nitrogens with zero attached hydrogens (tertiary/aromatic N) is 1. The molecule has 0 amide bonds. The van der Waals surface area contributed by atoms with E-state index in [1.807, 2.05) is 43.5 Å². The minimum absolute atomic E-state index is 0.508. The molecular weight excluding hydrogens is 252 g/mol. The fourth-order valence-electron chi connectivity index (χ4n) is 1.99. The van der Waals surface area contributed by atoms with E-state index in [-0.39, 0.29) is 0 Å². The second-order valence-electron chi connectivity index (χ2n) is 4.72. The molecule has 1 heterocycles. The molecule has 0 saturated heterocycles. The lowest BCUT2D eigenvalue weighted by atomic mass is 10.1. The first-order chi connectivity index (χ1) is 9.70. The number of rotatable bonds is 6. The average Bonchev–Trinajstić information content (AvgIpc) is 2.49. The fourth-order valence-corrected chi connectivity index (χ4v) is 1.99. The minimum atomic E-state index is -0.525. The molecule has 2 aromatic rings. The Balaban J connectivity index is 1.85. The summed E-state index contributed by atoms with van der Waals surface area (Å²) in [5.41, 5.74) is 3.23. The third kappa shape index (κ3) is 3.79. The summed E-state index contributed by atoms with van der Waals surface area (Å²) in [5.74, 6) is 0.793. The predicted octanol–water partition coefficient (Wildman–Crippen LogP) is 2.22. The number of nitrogens with one attached hydrogen (secondary N) is 1. The van der Waals surface area contributed by atoms with E-state index in [1.165, 1.54) is 5.56 Å². The Morgan fingerprint density at radius 1 is 1.25 bits per heavy atom. The summed E-state index contributed by atoms with van der Waals surface area (Å²) in [5, 5.41) is 13.4. The largest absolute Gasteiger partial charge is 0.497 e. The van der Waals surface area contributed by atoms with Crippen LogP contribution in [0.4, 0.5) is 0 Å². The summed E-state index contributed by atoms with van der Waals surface area (Å²) < 4.78 is 5.10. The van der Waals surface area contributed by atoms with Gasteiger partial charge in [-0.3, -0.25) is 4.98 Å². The van der Waals surface area contributed by atoms with Gasteiger partial charge in [0.05, 0.1) is 13.2 Å². The van der Waals surface area contributed by atoms with Crippen molar-refractivity contribution in [2.24, 2.45) is 0 Å². The van der Waals surface area contributed by atoms with Crippen LogP contribution in [-0.4, -0.2) is 23.7 Å². The normalized spacial score (nSPS) is 12.2. The number of pyridine rings is 1. The van der Waals surface area contributed by atoms with Crippen LogP contribution in [0.1, 0.15) is 22.8 Å². The van der Waals surface area contributed by atoms with Crippen LogP contribution >= 0.6 is 0 Å². The van der Waals surface area contributed by atoms with Crippen molar-refractivity contribution in [2.75, 3.05) is 13.7 Å². The van der Waals surface area contributed by atoms with Crippen molar-refractivity contribution in [2.45, 2.75) is 19.6 Å². The van der Waals surface area contributed by atoms with Gasteiger partial charge in [0, 0.05) is 25.5 Å². The third-order valence-electron chi connectivity index (χ3n) is 3.29. The minimum Gasteiger partial charge on any atom is -0.497 e. The Morgan fingerprint density at radius 3 is 2.65 bits per heavy atom. The van der Waals surface area contributed by atoms with Crippen LogP contribution in [0.15, 0.2) is 42.7 Å². The van der Waals surface area contributed by atoms with Gasteiger partial charge in [-0.05, 0) is 41.8 Å². The number of aliphatic hydroxyl groups is 1. The van der Waals surface area contributed by atoms with E-state index in [1.54, 1.807) is 13.3 Å². The maximum Gasteiger partial charge on any atom is 0.118 e. The molecule has 0 bridgehead atoms. The Kier molecular flexibility index (Phi) is 5.09. The van der Waals surface area contributed by atoms with E-state index in [9.17, 15) is 5.11 Å². The predicted molar refractivity (Wildman–Crippen MR) is 78.6 cm³/mol. The van der Waals surface area contributed by atoms with Crippen molar-refractivity contribution in [3.63, 3.8) is 0 Å². The van der Waals surface area contributed by atoms with Crippen LogP contribution in [0.3, 0.4) is 0 Å². The number of hydrogen-bond acceptors (Lipinski definition) is 4. The topological polar surface area (TPSA) is 54.4 Å². The lowest BCUT2D eigenvalue weighted by Gasteiger charge is -2.13. The number of benzene rings is 1. The molecular formula is C16H20N2O2. The fraction of sp³-hybridized carbons (Fsp3) is 0.312. The first-order valence-electron chi connectivity index (χ1n) is 6.63. The third-order valence-corrected chi connectivity index (χ3v) is 3.29. The zero-order valence-corrected chi connectivity index (χ0v) is 11.8. The number of methoxy groups -OCH3 is 1. The monoisotopic (exact) mass is 272 g/mol. The van der Waals surface area contributed by atoms with Crippen molar-refractivity contribution in [1.29, 1.82) is 0 Å². The summed E-state index contributed by atoms with van der Waals surface area (Å²) in [6.07, 6.45) is 3.10. The van der Waals surface area contributed by atoms with Gasteiger partial charge in [0.25, 0.3) is 0 Å². The average molecular weight is 272 g/mol.